The number of likely N-dealkylation sites (tertiary alicyclic amines) is 1. The Hall–Kier alpha value is -3.20. The molecule has 3 aromatic rings. The van der Waals surface area contributed by atoms with E-state index in [0.717, 1.165) is 30.2 Å². The summed E-state index contributed by atoms with van der Waals surface area (Å²) in [5, 5.41) is 4.71. The summed E-state index contributed by atoms with van der Waals surface area (Å²) in [5.74, 6) is 2.74. The maximum atomic E-state index is 13.7. The van der Waals surface area contributed by atoms with E-state index in [4.69, 9.17) is 8.94 Å². The van der Waals surface area contributed by atoms with Crippen LogP contribution in [0.15, 0.2) is 21.1 Å². The zero-order valence-electron chi connectivity index (χ0n) is 21.8. The van der Waals surface area contributed by atoms with Gasteiger partial charge in [-0.15, -0.1) is 0 Å². The summed E-state index contributed by atoms with van der Waals surface area (Å²) in [5.41, 5.74) is 2.99. The van der Waals surface area contributed by atoms with Crippen LogP contribution in [0.1, 0.15) is 47.8 Å². The number of hydrogen-bond donors (Lipinski definition) is 0. The first kappa shape index (κ1) is 24.5. The second kappa shape index (κ2) is 9.69. The number of fused-ring (bicyclic) bond motifs is 1. The number of piperidine rings is 1. The molecule has 0 aliphatic carbocycles. The molecule has 0 bridgehead atoms. The Labute approximate surface area is 211 Å². The van der Waals surface area contributed by atoms with Crippen molar-refractivity contribution in [3.8, 4) is 11.3 Å². The monoisotopic (exact) mass is 493 g/mol. The third-order valence-electron chi connectivity index (χ3n) is 7.40. The molecule has 2 amide bonds. The zero-order chi connectivity index (χ0) is 25.6. The average Bonchev–Trinajstić information content (AvgIpc) is 3.38. The first-order valence-electron chi connectivity index (χ1n) is 12.8. The van der Waals surface area contributed by atoms with Gasteiger partial charge >= 0.3 is 0 Å². The fourth-order valence-electron chi connectivity index (χ4n) is 5.72. The highest BCUT2D eigenvalue weighted by Gasteiger charge is 2.30. The highest BCUT2D eigenvalue weighted by molar-refractivity contribution is 6.07. The summed E-state index contributed by atoms with van der Waals surface area (Å²) in [7, 11) is 0. The van der Waals surface area contributed by atoms with Gasteiger partial charge in [0.05, 0.1) is 28.9 Å². The molecule has 0 radical (unpaired) electrons. The van der Waals surface area contributed by atoms with E-state index in [1.165, 1.54) is 6.42 Å². The van der Waals surface area contributed by atoms with Gasteiger partial charge in [-0.2, -0.15) is 0 Å². The predicted molar refractivity (Wildman–Crippen MR) is 136 cm³/mol. The Balaban J connectivity index is 1.30. The molecule has 2 fully saturated rings. The van der Waals surface area contributed by atoms with Crippen molar-refractivity contribution in [1.29, 1.82) is 0 Å². The van der Waals surface area contributed by atoms with Crippen LogP contribution in [0, 0.1) is 32.6 Å². The normalized spacial score (nSPS) is 21.4. The van der Waals surface area contributed by atoms with Crippen molar-refractivity contribution in [2.75, 3.05) is 45.8 Å². The number of aromatic nitrogens is 2. The number of rotatable bonds is 4. The second-order valence-corrected chi connectivity index (χ2v) is 10.6. The molecule has 0 N–H and O–H groups in total. The molecule has 0 saturated carbocycles. The molecular weight excluding hydrogens is 458 g/mol. The quantitative estimate of drug-likeness (QED) is 0.547. The molecule has 2 unspecified atom stereocenters. The maximum absolute atomic E-state index is 13.7. The van der Waals surface area contributed by atoms with Crippen LogP contribution < -0.4 is 0 Å². The Morgan fingerprint density at radius 1 is 1.00 bits per heavy atom. The van der Waals surface area contributed by atoms with Crippen LogP contribution in [0.2, 0.25) is 0 Å². The van der Waals surface area contributed by atoms with Crippen molar-refractivity contribution >= 4 is 22.9 Å². The van der Waals surface area contributed by atoms with Crippen LogP contribution in [0.4, 0.5) is 0 Å². The first-order chi connectivity index (χ1) is 17.2. The van der Waals surface area contributed by atoms with E-state index < -0.39 is 0 Å². The smallest absolute Gasteiger partial charge is 0.259 e. The van der Waals surface area contributed by atoms with Crippen LogP contribution in [-0.2, 0) is 4.79 Å². The van der Waals surface area contributed by atoms with Gasteiger partial charge in [-0.1, -0.05) is 19.0 Å². The summed E-state index contributed by atoms with van der Waals surface area (Å²) < 4.78 is 11.1. The van der Waals surface area contributed by atoms with Gasteiger partial charge in [-0.3, -0.25) is 14.5 Å². The molecule has 3 aromatic heterocycles. The summed E-state index contributed by atoms with van der Waals surface area (Å²) >= 11 is 0. The van der Waals surface area contributed by atoms with Gasteiger partial charge in [0.2, 0.25) is 5.91 Å². The maximum Gasteiger partial charge on any atom is 0.259 e. The van der Waals surface area contributed by atoms with E-state index in [-0.39, 0.29) is 11.8 Å². The lowest BCUT2D eigenvalue weighted by Crippen LogP contribution is -2.53. The fraction of sp³-hybridized carbons (Fsp3) is 0.556. The minimum absolute atomic E-state index is 0.0718. The van der Waals surface area contributed by atoms with Crippen LogP contribution >= 0.6 is 0 Å². The summed E-state index contributed by atoms with van der Waals surface area (Å²) in [4.78, 5) is 37.3. The molecule has 5 rings (SSSR count). The van der Waals surface area contributed by atoms with Gasteiger partial charge in [-0.05, 0) is 51.2 Å². The van der Waals surface area contributed by atoms with Gasteiger partial charge in [0.25, 0.3) is 11.6 Å². The first-order valence-corrected chi connectivity index (χ1v) is 12.8. The predicted octanol–water partition coefficient (Wildman–Crippen LogP) is 3.67. The molecule has 0 aromatic carbocycles. The van der Waals surface area contributed by atoms with Crippen molar-refractivity contribution in [2.24, 2.45) is 11.8 Å². The van der Waals surface area contributed by atoms with Gasteiger partial charge in [0.15, 0.2) is 0 Å². The zero-order valence-corrected chi connectivity index (χ0v) is 21.8. The number of carbonyl (C=O) groups excluding carboxylic acids is 2. The van der Waals surface area contributed by atoms with Crippen LogP contribution in [0.3, 0.4) is 0 Å². The number of amides is 2. The lowest BCUT2D eigenvalue weighted by atomic mass is 9.92. The molecule has 36 heavy (non-hydrogen) atoms. The average molecular weight is 494 g/mol. The standard InChI is InChI=1S/C27H35N5O4/c1-16-10-17(2)14-32(13-16)24(33)15-30-6-8-31(9-7-30)27(34)22-12-23(21-11-18(3)35-20(21)5)28-26-25(22)19(4)29-36-26/h11-12,16-17H,6-10,13-15H2,1-5H3. The topological polar surface area (TPSA) is 95.9 Å². The molecule has 2 aliphatic rings. The molecule has 0 spiro atoms. The number of carbonyl (C=O) groups is 2. The molecule has 9 heteroatoms. The molecule has 9 nitrogen and oxygen atoms in total. The highest BCUT2D eigenvalue weighted by atomic mass is 16.5. The van der Waals surface area contributed by atoms with Crippen molar-refractivity contribution in [2.45, 2.75) is 41.0 Å². The van der Waals surface area contributed by atoms with Crippen molar-refractivity contribution < 1.29 is 18.5 Å². The van der Waals surface area contributed by atoms with E-state index in [1.54, 1.807) is 0 Å². The Bertz CT molecular complexity index is 1280. The van der Waals surface area contributed by atoms with E-state index in [2.05, 4.69) is 28.9 Å². The van der Waals surface area contributed by atoms with E-state index in [0.29, 0.717) is 72.6 Å². The van der Waals surface area contributed by atoms with Crippen LogP contribution in [-0.4, -0.2) is 82.5 Å². The van der Waals surface area contributed by atoms with E-state index in [1.807, 2.05) is 42.7 Å². The van der Waals surface area contributed by atoms with Crippen LogP contribution in [0.25, 0.3) is 22.4 Å². The third kappa shape index (κ3) is 4.76. The Kier molecular flexibility index (Phi) is 6.59. The molecule has 5 heterocycles. The lowest BCUT2D eigenvalue weighted by Gasteiger charge is -2.38. The number of furan rings is 1. The van der Waals surface area contributed by atoms with E-state index >= 15 is 0 Å². The Morgan fingerprint density at radius 3 is 2.33 bits per heavy atom. The lowest BCUT2D eigenvalue weighted by molar-refractivity contribution is -0.135. The molecule has 2 aliphatic heterocycles. The minimum atomic E-state index is -0.0718. The highest BCUT2D eigenvalue weighted by Crippen LogP contribution is 2.31. The number of nitrogens with zero attached hydrogens (tertiary/aromatic N) is 5. The minimum Gasteiger partial charge on any atom is -0.466 e. The van der Waals surface area contributed by atoms with Gasteiger partial charge in [0.1, 0.15) is 11.5 Å². The number of aryl methyl sites for hydroxylation is 3. The second-order valence-electron chi connectivity index (χ2n) is 10.6. The van der Waals surface area contributed by atoms with Gasteiger partial charge in [-0.25, -0.2) is 4.98 Å². The summed E-state index contributed by atoms with van der Waals surface area (Å²) in [6.45, 7) is 14.6. The Morgan fingerprint density at radius 2 is 1.69 bits per heavy atom. The van der Waals surface area contributed by atoms with E-state index in [9.17, 15) is 9.59 Å². The number of piperazine rings is 1. The fourth-order valence-corrected chi connectivity index (χ4v) is 5.72. The SMILES string of the molecule is Cc1cc(-c2cc(C(=O)N3CCN(CC(=O)N4CC(C)CC(C)C4)CC3)c3c(C)noc3n2)c(C)o1. The van der Waals surface area contributed by atoms with Crippen LogP contribution in [0.5, 0.6) is 0 Å². The van der Waals surface area contributed by atoms with Gasteiger partial charge in [0, 0.05) is 44.8 Å². The third-order valence-corrected chi connectivity index (χ3v) is 7.40. The van der Waals surface area contributed by atoms with Crippen molar-refractivity contribution in [1.82, 2.24) is 24.8 Å². The number of pyridine rings is 1. The molecule has 2 atom stereocenters. The summed E-state index contributed by atoms with van der Waals surface area (Å²) in [6.07, 6.45) is 1.18. The molecule has 2 saturated heterocycles. The largest absolute Gasteiger partial charge is 0.466 e. The summed E-state index contributed by atoms with van der Waals surface area (Å²) in [6, 6.07) is 3.74. The molecular formula is C27H35N5O4. The van der Waals surface area contributed by atoms with Crippen molar-refractivity contribution in [3.05, 3.63) is 34.9 Å². The van der Waals surface area contributed by atoms with Gasteiger partial charge < -0.3 is 18.7 Å². The number of hydrogen-bond acceptors (Lipinski definition) is 7. The molecule has 192 valence electrons. The van der Waals surface area contributed by atoms with Crippen molar-refractivity contribution in [3.63, 3.8) is 0 Å².